The molecular formula is C20H31FI2N4O. The predicted octanol–water partition coefficient (Wildman–Crippen LogP) is 5.45. The summed E-state index contributed by atoms with van der Waals surface area (Å²) in [5.74, 6) is -0.377. The molecule has 0 bridgehead atoms. The first-order chi connectivity index (χ1) is 13.0. The van der Waals surface area contributed by atoms with E-state index in [4.69, 9.17) is 11.5 Å². The van der Waals surface area contributed by atoms with Gasteiger partial charge in [-0.3, -0.25) is 9.97 Å². The summed E-state index contributed by atoms with van der Waals surface area (Å²) < 4.78 is 12.9. The molecule has 8 heteroatoms. The minimum atomic E-state index is -0.962. The Morgan fingerprint density at radius 3 is 2.00 bits per heavy atom. The number of aryl methyl sites for hydroxylation is 1. The van der Waals surface area contributed by atoms with Crippen LogP contribution in [-0.4, -0.2) is 24.9 Å². The number of hydrogen-bond acceptors (Lipinski definition) is 5. The minimum absolute atomic E-state index is 0.377. The molecule has 5 N–H and O–H groups in total. The lowest BCUT2D eigenvalue weighted by Crippen LogP contribution is -2.20. The molecule has 0 aliphatic carbocycles. The maximum absolute atomic E-state index is 12.9. The first-order valence-electron chi connectivity index (χ1n) is 8.22. The van der Waals surface area contributed by atoms with E-state index in [2.05, 4.69) is 61.7 Å². The van der Waals surface area contributed by atoms with E-state index in [1.165, 1.54) is 0 Å². The van der Waals surface area contributed by atoms with E-state index >= 15 is 0 Å². The average Bonchev–Trinajstić information content (AvgIpc) is 2.64. The number of nitrogens with two attached hydrogens (primary N) is 2. The fourth-order valence-corrected chi connectivity index (χ4v) is 1.99. The fraction of sp³-hybridized carbons (Fsp3) is 0.400. The molecule has 0 spiro atoms. The van der Waals surface area contributed by atoms with Crippen LogP contribution in [0.25, 0.3) is 5.57 Å². The van der Waals surface area contributed by atoms with Gasteiger partial charge in [0.15, 0.2) is 0 Å². The smallest absolute Gasteiger partial charge is 0.146 e. The van der Waals surface area contributed by atoms with Crippen molar-refractivity contribution in [2.75, 3.05) is 21.3 Å². The van der Waals surface area contributed by atoms with Crippen molar-refractivity contribution in [3.63, 3.8) is 0 Å². The molecule has 0 saturated carbocycles. The Labute approximate surface area is 195 Å². The number of hydrogen-bond donors (Lipinski definition) is 3. The Hall–Kier alpha value is -1.01. The van der Waals surface area contributed by atoms with Crippen LogP contribution < -0.4 is 11.5 Å². The van der Waals surface area contributed by atoms with Gasteiger partial charge >= 0.3 is 0 Å². The van der Waals surface area contributed by atoms with Gasteiger partial charge in [-0.1, -0.05) is 51.8 Å². The molecule has 0 saturated heterocycles. The number of rotatable bonds is 2. The summed E-state index contributed by atoms with van der Waals surface area (Å²) in [6.07, 6.45) is 2.81. The average molecular weight is 616 g/mol. The fourth-order valence-electron chi connectivity index (χ4n) is 1.99. The molecule has 2 heterocycles. The molecular weight excluding hydrogens is 585 g/mol. The molecule has 0 aromatic carbocycles. The van der Waals surface area contributed by atoms with E-state index in [1.54, 1.807) is 33.9 Å². The second-order valence-corrected chi connectivity index (χ2v) is 6.22. The number of pyridine rings is 2. The lowest BCUT2D eigenvalue weighted by atomic mass is 10.0. The molecule has 0 unspecified atom stereocenters. The Balaban J connectivity index is 0. The van der Waals surface area contributed by atoms with Crippen molar-refractivity contribution in [3.05, 3.63) is 53.4 Å². The molecule has 0 aliphatic heterocycles. The van der Waals surface area contributed by atoms with Crippen LogP contribution in [0.4, 0.5) is 15.8 Å². The van der Waals surface area contributed by atoms with Crippen molar-refractivity contribution in [1.82, 2.24) is 9.97 Å². The van der Waals surface area contributed by atoms with Gasteiger partial charge in [0, 0.05) is 11.8 Å². The predicted molar refractivity (Wildman–Crippen MR) is 137 cm³/mol. The van der Waals surface area contributed by atoms with Crippen LogP contribution in [0, 0.1) is 19.7 Å². The number of alkyl halides is 2. The van der Waals surface area contributed by atoms with E-state index in [0.717, 1.165) is 17.3 Å². The summed E-state index contributed by atoms with van der Waals surface area (Å²) in [7, 11) is 0. The third-order valence-corrected chi connectivity index (χ3v) is 3.52. The second-order valence-electron chi connectivity index (χ2n) is 6.22. The number of allylic oxidation sites excluding steroid dienone is 1. The zero-order valence-corrected chi connectivity index (χ0v) is 21.9. The van der Waals surface area contributed by atoms with Crippen molar-refractivity contribution in [1.29, 1.82) is 0 Å². The van der Waals surface area contributed by atoms with Crippen molar-refractivity contribution >= 4 is 62.1 Å². The third-order valence-electron chi connectivity index (χ3n) is 3.52. The monoisotopic (exact) mass is 616 g/mol. The summed E-state index contributed by atoms with van der Waals surface area (Å²) in [4.78, 5) is 11.8. The number of halogens is 3. The number of nitrogens with zero attached hydrogens (tertiary/aromatic N) is 2. The topological polar surface area (TPSA) is 98.0 Å². The highest BCUT2D eigenvalue weighted by Crippen LogP contribution is 2.25. The molecule has 2 aromatic heterocycles. The molecule has 28 heavy (non-hydrogen) atoms. The SMILES string of the molecule is C=C(C)c1ncc(F)c(C)c1N.CI.CI.Cc1ccnc(C(C)(C)O)c1N. The Bertz CT molecular complexity index is 763. The number of anilines is 2. The van der Waals surface area contributed by atoms with Crippen LogP contribution in [0.2, 0.25) is 0 Å². The highest BCUT2D eigenvalue weighted by atomic mass is 127. The zero-order chi connectivity index (χ0) is 22.7. The van der Waals surface area contributed by atoms with Crippen molar-refractivity contribution in [2.45, 2.75) is 40.2 Å². The second kappa shape index (κ2) is 14.0. The molecule has 158 valence electrons. The van der Waals surface area contributed by atoms with Gasteiger partial charge in [-0.25, -0.2) is 4.39 Å². The maximum Gasteiger partial charge on any atom is 0.146 e. The summed E-state index contributed by atoms with van der Waals surface area (Å²) in [5, 5.41) is 9.65. The summed E-state index contributed by atoms with van der Waals surface area (Å²) in [6.45, 7) is 12.3. The lowest BCUT2D eigenvalue weighted by Gasteiger charge is -2.19. The largest absolute Gasteiger partial charge is 0.397 e. The molecule has 0 amide bonds. The number of aliphatic hydroxyl groups is 1. The first-order valence-corrected chi connectivity index (χ1v) is 12.5. The van der Waals surface area contributed by atoms with Crippen LogP contribution in [0.5, 0.6) is 0 Å². The molecule has 0 radical (unpaired) electrons. The van der Waals surface area contributed by atoms with Gasteiger partial charge in [0.05, 0.1) is 29.0 Å². The van der Waals surface area contributed by atoms with Crippen molar-refractivity contribution in [3.8, 4) is 0 Å². The van der Waals surface area contributed by atoms with E-state index in [9.17, 15) is 9.50 Å². The molecule has 0 atom stereocenters. The number of aromatic nitrogens is 2. The summed E-state index contributed by atoms with van der Waals surface area (Å²) in [6, 6.07) is 1.82. The maximum atomic E-state index is 12.9. The van der Waals surface area contributed by atoms with E-state index < -0.39 is 5.60 Å². The minimum Gasteiger partial charge on any atom is -0.397 e. The molecule has 2 rings (SSSR count). The van der Waals surface area contributed by atoms with Gasteiger partial charge in [0.2, 0.25) is 0 Å². The Morgan fingerprint density at radius 1 is 1.11 bits per heavy atom. The van der Waals surface area contributed by atoms with Gasteiger partial charge < -0.3 is 16.6 Å². The first kappa shape index (κ1) is 29.2. The summed E-state index contributed by atoms with van der Waals surface area (Å²) in [5.41, 5.74) is 14.6. The highest BCUT2D eigenvalue weighted by molar-refractivity contribution is 14.1. The Morgan fingerprint density at radius 2 is 1.61 bits per heavy atom. The molecule has 2 aromatic rings. The van der Waals surface area contributed by atoms with Crippen LogP contribution in [-0.2, 0) is 5.60 Å². The number of nitrogen functional groups attached to an aromatic ring is 2. The van der Waals surface area contributed by atoms with Crippen LogP contribution >= 0.6 is 45.2 Å². The van der Waals surface area contributed by atoms with Crippen LogP contribution in [0.3, 0.4) is 0 Å². The van der Waals surface area contributed by atoms with Gasteiger partial charge in [-0.15, -0.1) is 0 Å². The molecule has 0 aliphatic rings. The highest BCUT2D eigenvalue weighted by Gasteiger charge is 2.21. The van der Waals surface area contributed by atoms with E-state index in [-0.39, 0.29) is 5.82 Å². The van der Waals surface area contributed by atoms with E-state index in [0.29, 0.717) is 28.3 Å². The van der Waals surface area contributed by atoms with Gasteiger partial charge in [0.1, 0.15) is 11.4 Å². The Kier molecular flexibility index (Phi) is 14.6. The quantitative estimate of drug-likeness (QED) is 0.308. The van der Waals surface area contributed by atoms with Crippen molar-refractivity contribution < 1.29 is 9.50 Å². The third kappa shape index (κ3) is 8.99. The van der Waals surface area contributed by atoms with Crippen LogP contribution in [0.1, 0.15) is 43.3 Å². The van der Waals surface area contributed by atoms with E-state index in [1.807, 2.05) is 22.9 Å². The summed E-state index contributed by atoms with van der Waals surface area (Å²) >= 11 is 4.30. The standard InChI is InChI=1S/C9H11FN2.C9H14N2O.2CH3I/c1-5(2)9-8(11)6(3)7(10)4-12-9;1-6-4-5-11-8(7(6)10)9(2,3)12;2*1-2/h4H,1,11H2,2-3H3;4-5,12H,10H2,1-3H3;2*1H3. The van der Waals surface area contributed by atoms with Gasteiger partial charge in [-0.2, -0.15) is 0 Å². The van der Waals surface area contributed by atoms with Gasteiger partial charge in [-0.05, 0) is 61.7 Å². The molecule has 0 fully saturated rings. The zero-order valence-electron chi connectivity index (χ0n) is 17.6. The van der Waals surface area contributed by atoms with Crippen LogP contribution in [0.15, 0.2) is 25.0 Å². The lowest BCUT2D eigenvalue weighted by molar-refractivity contribution is 0.0747. The molecule has 5 nitrogen and oxygen atoms in total. The van der Waals surface area contributed by atoms with Gasteiger partial charge in [0.25, 0.3) is 0 Å². The normalized spacial score (nSPS) is 9.68. The van der Waals surface area contributed by atoms with Crippen molar-refractivity contribution in [2.24, 2.45) is 0 Å².